The van der Waals surface area contributed by atoms with E-state index in [9.17, 15) is 9.59 Å². The van der Waals surface area contributed by atoms with Crippen molar-refractivity contribution < 1.29 is 14.3 Å². The average molecular weight is 493 g/mol. The van der Waals surface area contributed by atoms with Gasteiger partial charge < -0.3 is 15.5 Å². The van der Waals surface area contributed by atoms with E-state index < -0.39 is 0 Å². The molecule has 32 heavy (non-hydrogen) atoms. The molecule has 2 aromatic heterocycles. The Morgan fingerprint density at radius 1 is 1.12 bits per heavy atom. The monoisotopic (exact) mass is 492 g/mol. The molecule has 170 valence electrons. The minimum atomic E-state index is -0.367. The zero-order chi connectivity index (χ0) is 23.1. The van der Waals surface area contributed by atoms with E-state index in [0.29, 0.717) is 34.7 Å². The predicted molar refractivity (Wildman–Crippen MR) is 127 cm³/mol. The fraction of sp³-hybridized carbons (Fsp3) is 0.350. The van der Waals surface area contributed by atoms with Crippen molar-refractivity contribution in [2.24, 2.45) is 0 Å². The minimum absolute atomic E-state index is 0.0480. The number of thiazole rings is 1. The Kier molecular flexibility index (Phi) is 8.53. The van der Waals surface area contributed by atoms with Gasteiger partial charge in [-0.15, -0.1) is 21.5 Å². The van der Waals surface area contributed by atoms with E-state index in [1.165, 1.54) is 46.6 Å². The molecule has 9 nitrogen and oxygen atoms in total. The summed E-state index contributed by atoms with van der Waals surface area (Å²) in [6, 6.07) is 7.14. The van der Waals surface area contributed by atoms with Crippen LogP contribution in [0.15, 0.2) is 40.0 Å². The fourth-order valence-corrected chi connectivity index (χ4v) is 5.26. The molecule has 0 aliphatic heterocycles. The molecular weight excluding hydrogens is 468 g/mol. The van der Waals surface area contributed by atoms with Crippen molar-refractivity contribution in [1.29, 1.82) is 0 Å². The number of hydrogen-bond donors (Lipinski definition) is 1. The lowest BCUT2D eigenvalue weighted by atomic mass is 10.1. The van der Waals surface area contributed by atoms with Crippen molar-refractivity contribution in [3.63, 3.8) is 0 Å². The molecule has 2 heterocycles. The molecule has 0 bridgehead atoms. The zero-order valence-corrected chi connectivity index (χ0v) is 20.4. The van der Waals surface area contributed by atoms with Gasteiger partial charge in [0, 0.05) is 29.8 Å². The van der Waals surface area contributed by atoms with Crippen LogP contribution >= 0.6 is 34.9 Å². The molecule has 0 saturated carbocycles. The molecule has 3 aromatic rings. The second kappa shape index (κ2) is 11.3. The summed E-state index contributed by atoms with van der Waals surface area (Å²) in [6.45, 7) is 5.26. The molecule has 0 atom stereocenters. The molecular formula is C20H24N6O3S3. The van der Waals surface area contributed by atoms with Gasteiger partial charge in [0.1, 0.15) is 5.01 Å². The third-order valence-electron chi connectivity index (χ3n) is 4.53. The number of esters is 1. The number of carbonyl (C=O) groups excluding carboxylic acids is 2. The summed E-state index contributed by atoms with van der Waals surface area (Å²) in [6.07, 6.45) is 0. The number of nitrogen functional groups attached to an aromatic ring is 1. The Balaban J connectivity index is 1.57. The van der Waals surface area contributed by atoms with Crippen LogP contribution in [0.2, 0.25) is 0 Å². The first-order valence-corrected chi connectivity index (χ1v) is 12.7. The number of nitrogens with zero attached hydrogens (tertiary/aromatic N) is 5. The summed E-state index contributed by atoms with van der Waals surface area (Å²) in [5.74, 6) is 6.64. The highest BCUT2D eigenvalue weighted by Crippen LogP contribution is 2.28. The number of thioether (sulfide) groups is 2. The predicted octanol–water partition coefficient (Wildman–Crippen LogP) is 3.15. The third-order valence-corrected chi connectivity index (χ3v) is 7.37. The molecule has 0 saturated heterocycles. The van der Waals surface area contributed by atoms with Gasteiger partial charge in [-0.1, -0.05) is 35.7 Å². The average Bonchev–Trinajstić information content (AvgIpc) is 3.43. The van der Waals surface area contributed by atoms with Crippen LogP contribution in [0.5, 0.6) is 0 Å². The molecule has 1 amide bonds. The van der Waals surface area contributed by atoms with E-state index in [1.807, 2.05) is 31.4 Å². The summed E-state index contributed by atoms with van der Waals surface area (Å²) < 4.78 is 6.13. The Bertz CT molecular complexity index is 1060. The second-order valence-electron chi connectivity index (χ2n) is 6.49. The maximum absolute atomic E-state index is 12.2. The smallest absolute Gasteiger partial charge is 0.337 e. The lowest BCUT2D eigenvalue weighted by Crippen LogP contribution is -2.32. The maximum atomic E-state index is 12.2. The molecule has 0 radical (unpaired) electrons. The van der Waals surface area contributed by atoms with Gasteiger partial charge in [-0.3, -0.25) is 4.79 Å². The quantitative estimate of drug-likeness (QED) is 0.259. The number of aromatic nitrogens is 4. The normalized spacial score (nSPS) is 10.8. The standard InChI is InChI=1S/C20H24N6O3S3/c1-4-25(5-2)16(27)12-32-20-24-23-19(26(20)21)31-11-15-10-30-17(22-15)13-6-8-14(9-7-13)18(28)29-3/h6-10H,4-5,11-12,21H2,1-3H3. The highest BCUT2D eigenvalue weighted by atomic mass is 32.2. The highest BCUT2D eigenvalue weighted by molar-refractivity contribution is 8.00. The minimum Gasteiger partial charge on any atom is -0.465 e. The molecule has 3 rings (SSSR count). The number of hydrogen-bond acceptors (Lipinski definition) is 10. The van der Waals surface area contributed by atoms with Crippen LogP contribution in [-0.4, -0.2) is 62.6 Å². The topological polar surface area (TPSA) is 116 Å². The summed E-state index contributed by atoms with van der Waals surface area (Å²) >= 11 is 4.23. The van der Waals surface area contributed by atoms with Crippen LogP contribution in [0, 0.1) is 0 Å². The second-order valence-corrected chi connectivity index (χ2v) is 9.23. The van der Waals surface area contributed by atoms with Gasteiger partial charge in [0.2, 0.25) is 16.2 Å². The maximum Gasteiger partial charge on any atom is 0.337 e. The SMILES string of the molecule is CCN(CC)C(=O)CSc1nnc(SCc2csc(-c3ccc(C(=O)OC)cc3)n2)n1N. The van der Waals surface area contributed by atoms with E-state index >= 15 is 0 Å². The largest absolute Gasteiger partial charge is 0.465 e. The highest BCUT2D eigenvalue weighted by Gasteiger charge is 2.16. The van der Waals surface area contributed by atoms with E-state index in [4.69, 9.17) is 10.6 Å². The summed E-state index contributed by atoms with van der Waals surface area (Å²) in [5.41, 5.74) is 2.32. The van der Waals surface area contributed by atoms with Crippen LogP contribution in [0.1, 0.15) is 29.9 Å². The Morgan fingerprint density at radius 3 is 2.41 bits per heavy atom. The van der Waals surface area contributed by atoms with Gasteiger partial charge in [0.25, 0.3) is 0 Å². The molecule has 0 spiro atoms. The third kappa shape index (κ3) is 5.81. The number of amides is 1. The number of nitrogens with two attached hydrogens (primary N) is 1. The van der Waals surface area contributed by atoms with Gasteiger partial charge in [-0.2, -0.15) is 0 Å². The molecule has 0 aliphatic rings. The van der Waals surface area contributed by atoms with Crippen molar-refractivity contribution in [2.75, 3.05) is 31.8 Å². The summed E-state index contributed by atoms with van der Waals surface area (Å²) in [5, 5.41) is 12.1. The first kappa shape index (κ1) is 24.1. The van der Waals surface area contributed by atoms with Crippen LogP contribution in [0.3, 0.4) is 0 Å². The first-order valence-electron chi connectivity index (χ1n) is 9.83. The molecule has 12 heteroatoms. The van der Waals surface area contributed by atoms with Gasteiger partial charge in [0.15, 0.2) is 0 Å². The molecule has 0 aliphatic carbocycles. The first-order chi connectivity index (χ1) is 15.5. The van der Waals surface area contributed by atoms with E-state index in [-0.39, 0.29) is 17.6 Å². The van der Waals surface area contributed by atoms with Crippen molar-refractivity contribution in [3.05, 3.63) is 40.9 Å². The van der Waals surface area contributed by atoms with Crippen molar-refractivity contribution in [1.82, 2.24) is 24.8 Å². The van der Waals surface area contributed by atoms with Crippen LogP contribution in [-0.2, 0) is 15.3 Å². The molecule has 0 unspecified atom stereocenters. The summed E-state index contributed by atoms with van der Waals surface area (Å²) in [4.78, 5) is 30.1. The zero-order valence-electron chi connectivity index (χ0n) is 18.0. The van der Waals surface area contributed by atoms with Gasteiger partial charge in [0.05, 0.1) is 24.1 Å². The van der Waals surface area contributed by atoms with Crippen LogP contribution < -0.4 is 5.84 Å². The lowest BCUT2D eigenvalue weighted by Gasteiger charge is -2.17. The number of methoxy groups -OCH3 is 1. The van der Waals surface area contributed by atoms with Gasteiger partial charge in [-0.05, 0) is 26.0 Å². The lowest BCUT2D eigenvalue weighted by molar-refractivity contribution is -0.127. The van der Waals surface area contributed by atoms with Gasteiger partial charge in [-0.25, -0.2) is 14.5 Å². The van der Waals surface area contributed by atoms with Crippen molar-refractivity contribution in [3.8, 4) is 10.6 Å². The molecule has 0 fully saturated rings. The number of benzene rings is 1. The van der Waals surface area contributed by atoms with Crippen molar-refractivity contribution >= 4 is 46.7 Å². The number of carbonyl (C=O) groups is 2. The fourth-order valence-electron chi connectivity index (χ4n) is 2.77. The number of ether oxygens (including phenoxy) is 1. The van der Waals surface area contributed by atoms with E-state index in [2.05, 4.69) is 15.2 Å². The summed E-state index contributed by atoms with van der Waals surface area (Å²) in [7, 11) is 1.36. The van der Waals surface area contributed by atoms with Crippen LogP contribution in [0.25, 0.3) is 10.6 Å². The van der Waals surface area contributed by atoms with E-state index in [0.717, 1.165) is 16.3 Å². The molecule has 1 aromatic carbocycles. The Morgan fingerprint density at radius 2 is 1.78 bits per heavy atom. The van der Waals surface area contributed by atoms with Crippen molar-refractivity contribution in [2.45, 2.75) is 29.9 Å². The Labute approximate surface area is 198 Å². The molecule has 2 N–H and O–H groups in total. The van der Waals surface area contributed by atoms with E-state index in [1.54, 1.807) is 17.0 Å². The number of rotatable bonds is 10. The van der Waals surface area contributed by atoms with Crippen LogP contribution in [0.4, 0.5) is 0 Å². The Hall–Kier alpha value is -2.57. The van der Waals surface area contributed by atoms with Gasteiger partial charge >= 0.3 is 5.97 Å².